The predicted molar refractivity (Wildman–Crippen MR) is 148 cm³/mol. The Balaban J connectivity index is 1.31. The van der Waals surface area contributed by atoms with E-state index in [1.807, 2.05) is 54.6 Å². The minimum Gasteiger partial charge on any atom is -0.497 e. The second-order valence-corrected chi connectivity index (χ2v) is 10.2. The molecule has 0 bridgehead atoms. The maximum Gasteiger partial charge on any atom is 0.280 e. The molecule has 1 fully saturated rings. The summed E-state index contributed by atoms with van der Waals surface area (Å²) in [5, 5.41) is 3.72. The van der Waals surface area contributed by atoms with Crippen LogP contribution in [0, 0.1) is 0 Å². The van der Waals surface area contributed by atoms with Crippen molar-refractivity contribution in [2.75, 3.05) is 27.3 Å². The molecule has 0 atom stereocenters. The first-order valence-corrected chi connectivity index (χ1v) is 13.3. The van der Waals surface area contributed by atoms with E-state index in [9.17, 15) is 4.79 Å². The Labute approximate surface area is 221 Å². The number of piperidine rings is 1. The van der Waals surface area contributed by atoms with Crippen LogP contribution in [0.15, 0.2) is 78.9 Å². The third-order valence-electron chi connectivity index (χ3n) is 6.71. The van der Waals surface area contributed by atoms with Gasteiger partial charge in [0.15, 0.2) is 5.01 Å². The Bertz CT molecular complexity index is 1250. The molecule has 0 radical (unpaired) electrons. The molecular formula is C30H31N3O3S. The van der Waals surface area contributed by atoms with Crippen molar-refractivity contribution in [3.8, 4) is 33.2 Å². The fourth-order valence-corrected chi connectivity index (χ4v) is 5.62. The second-order valence-electron chi connectivity index (χ2n) is 9.16. The number of amides is 1. The van der Waals surface area contributed by atoms with Crippen LogP contribution in [0.4, 0.5) is 0 Å². The van der Waals surface area contributed by atoms with E-state index in [4.69, 9.17) is 14.5 Å². The molecule has 1 amide bonds. The molecule has 1 saturated heterocycles. The smallest absolute Gasteiger partial charge is 0.280 e. The van der Waals surface area contributed by atoms with E-state index in [0.717, 1.165) is 65.7 Å². The Kier molecular flexibility index (Phi) is 7.82. The first-order chi connectivity index (χ1) is 18.1. The SMILES string of the molecule is COc1ccc(-c2nc(C(=O)NC3CCN(Cc4ccccc4)CC3)sc2-c2ccc(OC)cc2)cc1. The van der Waals surface area contributed by atoms with Crippen molar-refractivity contribution < 1.29 is 14.3 Å². The highest BCUT2D eigenvalue weighted by molar-refractivity contribution is 7.17. The van der Waals surface area contributed by atoms with Crippen LogP contribution < -0.4 is 14.8 Å². The van der Waals surface area contributed by atoms with E-state index in [-0.39, 0.29) is 11.9 Å². The van der Waals surface area contributed by atoms with Crippen molar-refractivity contribution in [1.29, 1.82) is 0 Å². The molecule has 1 aromatic heterocycles. The van der Waals surface area contributed by atoms with Gasteiger partial charge in [-0.3, -0.25) is 9.69 Å². The lowest BCUT2D eigenvalue weighted by atomic mass is 10.0. The van der Waals surface area contributed by atoms with Crippen LogP contribution in [0.2, 0.25) is 0 Å². The van der Waals surface area contributed by atoms with Crippen LogP contribution >= 0.6 is 11.3 Å². The summed E-state index contributed by atoms with van der Waals surface area (Å²) in [7, 11) is 3.30. The van der Waals surface area contributed by atoms with Gasteiger partial charge < -0.3 is 14.8 Å². The topological polar surface area (TPSA) is 63.7 Å². The van der Waals surface area contributed by atoms with E-state index in [1.54, 1.807) is 14.2 Å². The zero-order chi connectivity index (χ0) is 25.6. The molecule has 5 rings (SSSR count). The van der Waals surface area contributed by atoms with Crippen molar-refractivity contribution in [2.45, 2.75) is 25.4 Å². The molecule has 1 aliphatic rings. The van der Waals surface area contributed by atoms with Gasteiger partial charge in [-0.1, -0.05) is 30.3 Å². The monoisotopic (exact) mass is 513 g/mol. The predicted octanol–water partition coefficient (Wildman–Crippen LogP) is 5.89. The average Bonchev–Trinajstić information content (AvgIpc) is 3.40. The average molecular weight is 514 g/mol. The van der Waals surface area contributed by atoms with Crippen molar-refractivity contribution in [3.63, 3.8) is 0 Å². The fourth-order valence-electron chi connectivity index (χ4n) is 4.62. The normalized spacial score (nSPS) is 14.3. The second kappa shape index (κ2) is 11.6. The van der Waals surface area contributed by atoms with Crippen molar-refractivity contribution in [2.24, 2.45) is 0 Å². The molecule has 0 saturated carbocycles. The third kappa shape index (κ3) is 6.01. The largest absolute Gasteiger partial charge is 0.497 e. The highest BCUT2D eigenvalue weighted by atomic mass is 32.1. The summed E-state index contributed by atoms with van der Waals surface area (Å²) in [6.07, 6.45) is 1.86. The number of likely N-dealkylation sites (tertiary alicyclic amines) is 1. The lowest BCUT2D eigenvalue weighted by Gasteiger charge is -2.32. The summed E-state index contributed by atoms with van der Waals surface area (Å²) >= 11 is 1.42. The van der Waals surface area contributed by atoms with Gasteiger partial charge in [-0.05, 0) is 72.5 Å². The van der Waals surface area contributed by atoms with Gasteiger partial charge in [0.05, 0.1) is 24.8 Å². The fraction of sp³-hybridized carbons (Fsp3) is 0.267. The molecule has 1 N–H and O–H groups in total. The molecule has 6 nitrogen and oxygen atoms in total. The quantitative estimate of drug-likeness (QED) is 0.318. The first kappa shape index (κ1) is 25.0. The Morgan fingerprint density at radius 2 is 1.49 bits per heavy atom. The minimum atomic E-state index is -0.110. The van der Waals surface area contributed by atoms with E-state index in [0.29, 0.717) is 5.01 Å². The van der Waals surface area contributed by atoms with Gasteiger partial charge in [-0.15, -0.1) is 11.3 Å². The number of hydrogen-bond acceptors (Lipinski definition) is 6. The van der Waals surface area contributed by atoms with Crippen LogP contribution in [-0.4, -0.2) is 49.1 Å². The summed E-state index contributed by atoms with van der Waals surface area (Å²) in [6.45, 7) is 2.88. The standard InChI is InChI=1S/C30H31N3O3S/c1-35-25-12-8-22(9-13-25)27-28(23-10-14-26(36-2)15-11-23)37-30(32-27)29(34)31-24-16-18-33(19-17-24)20-21-6-4-3-5-7-21/h3-15,24H,16-20H2,1-2H3,(H,31,34). The van der Waals surface area contributed by atoms with Crippen LogP contribution in [0.25, 0.3) is 21.7 Å². The molecule has 0 aliphatic carbocycles. The van der Waals surface area contributed by atoms with Crippen LogP contribution in [0.3, 0.4) is 0 Å². The number of methoxy groups -OCH3 is 2. The summed E-state index contributed by atoms with van der Waals surface area (Å²) in [6, 6.07) is 26.3. The van der Waals surface area contributed by atoms with E-state index in [1.165, 1.54) is 16.9 Å². The van der Waals surface area contributed by atoms with Gasteiger partial charge in [-0.2, -0.15) is 0 Å². The highest BCUT2D eigenvalue weighted by Crippen LogP contribution is 2.38. The lowest BCUT2D eigenvalue weighted by molar-refractivity contribution is 0.0908. The van der Waals surface area contributed by atoms with Gasteiger partial charge in [0, 0.05) is 31.2 Å². The van der Waals surface area contributed by atoms with Crippen molar-refractivity contribution in [3.05, 3.63) is 89.4 Å². The number of rotatable bonds is 8. The highest BCUT2D eigenvalue weighted by Gasteiger charge is 2.24. The summed E-state index contributed by atoms with van der Waals surface area (Å²) in [5.74, 6) is 1.46. The molecule has 0 unspecified atom stereocenters. The van der Waals surface area contributed by atoms with Crippen molar-refractivity contribution in [1.82, 2.24) is 15.2 Å². The number of carbonyl (C=O) groups excluding carboxylic acids is 1. The zero-order valence-corrected chi connectivity index (χ0v) is 22.0. The van der Waals surface area contributed by atoms with Gasteiger partial charge >= 0.3 is 0 Å². The molecule has 7 heteroatoms. The maximum absolute atomic E-state index is 13.3. The van der Waals surface area contributed by atoms with Gasteiger partial charge in [0.25, 0.3) is 5.91 Å². The third-order valence-corrected chi connectivity index (χ3v) is 7.81. The number of ether oxygens (including phenoxy) is 2. The Hall–Kier alpha value is -3.68. The number of nitrogens with zero attached hydrogens (tertiary/aromatic N) is 2. The number of carbonyl (C=O) groups is 1. The van der Waals surface area contributed by atoms with Gasteiger partial charge in [0.1, 0.15) is 11.5 Å². The number of aromatic nitrogens is 1. The Morgan fingerprint density at radius 1 is 0.892 bits per heavy atom. The molecular weight excluding hydrogens is 482 g/mol. The molecule has 2 heterocycles. The number of nitrogens with one attached hydrogen (secondary N) is 1. The van der Waals surface area contributed by atoms with E-state index < -0.39 is 0 Å². The number of hydrogen-bond donors (Lipinski definition) is 1. The van der Waals surface area contributed by atoms with E-state index >= 15 is 0 Å². The van der Waals surface area contributed by atoms with Crippen LogP contribution in [0.1, 0.15) is 28.2 Å². The van der Waals surface area contributed by atoms with Crippen LogP contribution in [-0.2, 0) is 6.54 Å². The molecule has 37 heavy (non-hydrogen) atoms. The van der Waals surface area contributed by atoms with Gasteiger partial charge in [0.2, 0.25) is 0 Å². The first-order valence-electron chi connectivity index (χ1n) is 12.5. The van der Waals surface area contributed by atoms with Gasteiger partial charge in [-0.25, -0.2) is 4.98 Å². The maximum atomic E-state index is 13.3. The van der Waals surface area contributed by atoms with E-state index in [2.05, 4.69) is 34.5 Å². The summed E-state index contributed by atoms with van der Waals surface area (Å²) < 4.78 is 10.6. The Morgan fingerprint density at radius 3 is 2.08 bits per heavy atom. The van der Waals surface area contributed by atoms with Crippen LogP contribution in [0.5, 0.6) is 11.5 Å². The van der Waals surface area contributed by atoms with Crippen molar-refractivity contribution >= 4 is 17.2 Å². The molecule has 190 valence electrons. The molecule has 0 spiro atoms. The minimum absolute atomic E-state index is 0.110. The number of benzene rings is 3. The lowest BCUT2D eigenvalue weighted by Crippen LogP contribution is -2.44. The summed E-state index contributed by atoms with van der Waals surface area (Å²) in [5.41, 5.74) is 4.05. The molecule has 4 aromatic rings. The summed E-state index contributed by atoms with van der Waals surface area (Å²) in [4.78, 5) is 21.5. The molecule has 3 aromatic carbocycles. The number of thiazole rings is 1. The zero-order valence-electron chi connectivity index (χ0n) is 21.1. The molecule has 1 aliphatic heterocycles.